The van der Waals surface area contributed by atoms with Crippen molar-refractivity contribution in [2.24, 2.45) is 5.92 Å². The Balaban J connectivity index is 3.19. The molecule has 0 spiro atoms. The molecule has 1 aromatic carbocycles. The second kappa shape index (κ2) is 7.79. The molecule has 3 heteroatoms. The summed E-state index contributed by atoms with van der Waals surface area (Å²) in [5, 5.41) is 3.47. The van der Waals surface area contributed by atoms with Crippen molar-refractivity contribution < 1.29 is 4.39 Å². The van der Waals surface area contributed by atoms with Crippen molar-refractivity contribution in [3.63, 3.8) is 0 Å². The molecule has 120 valence electrons. The van der Waals surface area contributed by atoms with Gasteiger partial charge in [0.25, 0.3) is 0 Å². The zero-order chi connectivity index (χ0) is 16.2. The SMILES string of the molecule is CCCNC(C)c1cc(F)c(C)cc1N(C)C(C)C(C)C. The maximum atomic E-state index is 14.0. The van der Waals surface area contributed by atoms with Crippen LogP contribution >= 0.6 is 0 Å². The summed E-state index contributed by atoms with van der Waals surface area (Å²) in [5.74, 6) is 0.427. The third kappa shape index (κ3) is 4.44. The van der Waals surface area contributed by atoms with Gasteiger partial charge in [-0.2, -0.15) is 0 Å². The predicted octanol–water partition coefficient (Wildman–Crippen LogP) is 4.68. The third-order valence-electron chi connectivity index (χ3n) is 4.43. The molecule has 0 saturated carbocycles. The second-order valence-corrected chi connectivity index (χ2v) is 6.43. The molecule has 0 radical (unpaired) electrons. The molecule has 0 fully saturated rings. The van der Waals surface area contributed by atoms with E-state index in [1.807, 2.05) is 13.0 Å². The quantitative estimate of drug-likeness (QED) is 0.786. The van der Waals surface area contributed by atoms with Crippen molar-refractivity contribution in [3.05, 3.63) is 29.1 Å². The number of anilines is 1. The van der Waals surface area contributed by atoms with Gasteiger partial charge in [0.1, 0.15) is 5.82 Å². The lowest BCUT2D eigenvalue weighted by Gasteiger charge is -2.33. The van der Waals surface area contributed by atoms with Crippen LogP contribution in [0.4, 0.5) is 10.1 Å². The first-order valence-corrected chi connectivity index (χ1v) is 8.05. The molecule has 0 aliphatic rings. The Labute approximate surface area is 129 Å². The van der Waals surface area contributed by atoms with Gasteiger partial charge < -0.3 is 10.2 Å². The Morgan fingerprint density at radius 1 is 1.19 bits per heavy atom. The highest BCUT2D eigenvalue weighted by Crippen LogP contribution is 2.31. The van der Waals surface area contributed by atoms with E-state index in [4.69, 9.17) is 0 Å². The Kier molecular flexibility index (Phi) is 6.66. The van der Waals surface area contributed by atoms with E-state index in [-0.39, 0.29) is 11.9 Å². The lowest BCUT2D eigenvalue weighted by Crippen LogP contribution is -2.35. The molecule has 0 aromatic heterocycles. The minimum Gasteiger partial charge on any atom is -0.371 e. The number of nitrogens with one attached hydrogen (secondary N) is 1. The van der Waals surface area contributed by atoms with E-state index in [2.05, 4.69) is 51.9 Å². The summed E-state index contributed by atoms with van der Waals surface area (Å²) in [6.45, 7) is 13.7. The van der Waals surface area contributed by atoms with Crippen molar-refractivity contribution in [1.82, 2.24) is 5.32 Å². The standard InChI is InChI=1S/C18H31FN2/c1-8-9-20-14(5)16-11-17(19)13(4)10-18(16)21(7)15(6)12(2)3/h10-12,14-15,20H,8-9H2,1-7H3. The fourth-order valence-corrected chi connectivity index (χ4v) is 2.47. The van der Waals surface area contributed by atoms with Gasteiger partial charge in [-0.15, -0.1) is 0 Å². The van der Waals surface area contributed by atoms with Crippen LogP contribution in [0.15, 0.2) is 12.1 Å². The Hall–Kier alpha value is -1.09. The van der Waals surface area contributed by atoms with Crippen LogP contribution in [-0.2, 0) is 0 Å². The Morgan fingerprint density at radius 2 is 1.81 bits per heavy atom. The topological polar surface area (TPSA) is 15.3 Å². The second-order valence-electron chi connectivity index (χ2n) is 6.43. The largest absolute Gasteiger partial charge is 0.371 e. The van der Waals surface area contributed by atoms with Crippen molar-refractivity contribution in [1.29, 1.82) is 0 Å². The van der Waals surface area contributed by atoms with Crippen molar-refractivity contribution in [2.75, 3.05) is 18.5 Å². The Morgan fingerprint density at radius 3 is 2.33 bits per heavy atom. The molecule has 0 bridgehead atoms. The normalized spacial score (nSPS) is 14.3. The average molecular weight is 294 g/mol. The zero-order valence-corrected chi connectivity index (χ0v) is 14.6. The van der Waals surface area contributed by atoms with Gasteiger partial charge in [0.2, 0.25) is 0 Å². The molecular formula is C18H31FN2. The van der Waals surface area contributed by atoms with Crippen LogP contribution in [0.3, 0.4) is 0 Å². The maximum absolute atomic E-state index is 14.0. The molecule has 21 heavy (non-hydrogen) atoms. The van der Waals surface area contributed by atoms with Crippen LogP contribution in [0.5, 0.6) is 0 Å². The summed E-state index contributed by atoms with van der Waals surface area (Å²) in [4.78, 5) is 2.27. The summed E-state index contributed by atoms with van der Waals surface area (Å²) >= 11 is 0. The van der Waals surface area contributed by atoms with Crippen LogP contribution in [0.2, 0.25) is 0 Å². The molecule has 0 saturated heterocycles. The molecule has 2 nitrogen and oxygen atoms in total. The lowest BCUT2D eigenvalue weighted by molar-refractivity contribution is 0.499. The molecule has 1 rings (SSSR count). The van der Waals surface area contributed by atoms with Gasteiger partial charge in [0.15, 0.2) is 0 Å². The molecule has 2 unspecified atom stereocenters. The van der Waals surface area contributed by atoms with Crippen LogP contribution in [0.1, 0.15) is 58.2 Å². The maximum Gasteiger partial charge on any atom is 0.126 e. The fraction of sp³-hybridized carbons (Fsp3) is 0.667. The first kappa shape index (κ1) is 18.0. The Bertz CT molecular complexity index is 457. The van der Waals surface area contributed by atoms with Crippen LogP contribution in [0.25, 0.3) is 0 Å². The van der Waals surface area contributed by atoms with Crippen LogP contribution in [-0.4, -0.2) is 19.6 Å². The molecule has 0 aliphatic heterocycles. The van der Waals surface area contributed by atoms with E-state index in [0.29, 0.717) is 17.5 Å². The number of aryl methyl sites for hydroxylation is 1. The van der Waals surface area contributed by atoms with Crippen molar-refractivity contribution in [2.45, 2.75) is 60.0 Å². The van der Waals surface area contributed by atoms with Crippen LogP contribution < -0.4 is 10.2 Å². The number of benzene rings is 1. The summed E-state index contributed by atoms with van der Waals surface area (Å²) in [5.41, 5.74) is 2.88. The summed E-state index contributed by atoms with van der Waals surface area (Å²) in [7, 11) is 2.10. The van der Waals surface area contributed by atoms with E-state index in [1.165, 1.54) is 0 Å². The van der Waals surface area contributed by atoms with E-state index < -0.39 is 0 Å². The summed E-state index contributed by atoms with van der Waals surface area (Å²) in [6, 6.07) is 4.23. The minimum absolute atomic E-state index is 0.121. The molecule has 0 aliphatic carbocycles. The van der Waals surface area contributed by atoms with E-state index in [0.717, 1.165) is 24.2 Å². The predicted molar refractivity (Wildman–Crippen MR) is 90.5 cm³/mol. The smallest absolute Gasteiger partial charge is 0.126 e. The first-order valence-electron chi connectivity index (χ1n) is 8.05. The first-order chi connectivity index (χ1) is 9.79. The molecular weight excluding hydrogens is 263 g/mol. The van der Waals surface area contributed by atoms with Gasteiger partial charge in [-0.1, -0.05) is 20.8 Å². The average Bonchev–Trinajstić information content (AvgIpc) is 2.45. The van der Waals surface area contributed by atoms with E-state index in [1.54, 1.807) is 6.07 Å². The molecule has 1 aromatic rings. The number of hydrogen-bond donors (Lipinski definition) is 1. The number of halogens is 1. The van der Waals surface area contributed by atoms with Gasteiger partial charge in [-0.05, 0) is 62.9 Å². The van der Waals surface area contributed by atoms with E-state index in [9.17, 15) is 4.39 Å². The van der Waals surface area contributed by atoms with Crippen molar-refractivity contribution >= 4 is 5.69 Å². The molecule has 0 amide bonds. The van der Waals surface area contributed by atoms with Gasteiger partial charge in [0, 0.05) is 24.8 Å². The number of nitrogens with zero attached hydrogens (tertiary/aromatic N) is 1. The summed E-state index contributed by atoms with van der Waals surface area (Å²) < 4.78 is 14.0. The molecule has 1 N–H and O–H groups in total. The van der Waals surface area contributed by atoms with Gasteiger partial charge >= 0.3 is 0 Å². The van der Waals surface area contributed by atoms with Crippen LogP contribution in [0, 0.1) is 18.7 Å². The molecule has 2 atom stereocenters. The van der Waals surface area contributed by atoms with Gasteiger partial charge in [-0.3, -0.25) is 0 Å². The highest BCUT2D eigenvalue weighted by Gasteiger charge is 2.20. The monoisotopic (exact) mass is 294 g/mol. The highest BCUT2D eigenvalue weighted by molar-refractivity contribution is 5.57. The minimum atomic E-state index is -0.121. The third-order valence-corrected chi connectivity index (χ3v) is 4.43. The van der Waals surface area contributed by atoms with Gasteiger partial charge in [0.05, 0.1) is 0 Å². The van der Waals surface area contributed by atoms with Gasteiger partial charge in [-0.25, -0.2) is 4.39 Å². The highest BCUT2D eigenvalue weighted by atomic mass is 19.1. The van der Waals surface area contributed by atoms with Crippen molar-refractivity contribution in [3.8, 4) is 0 Å². The number of hydrogen-bond acceptors (Lipinski definition) is 2. The molecule has 0 heterocycles. The summed E-state index contributed by atoms with van der Waals surface area (Å²) in [6.07, 6.45) is 1.08. The number of rotatable bonds is 7. The zero-order valence-electron chi connectivity index (χ0n) is 14.6. The van der Waals surface area contributed by atoms with E-state index >= 15 is 0 Å². The lowest BCUT2D eigenvalue weighted by atomic mass is 9.98. The fourth-order valence-electron chi connectivity index (χ4n) is 2.47.